The molecule has 1 aromatic rings. The van der Waals surface area contributed by atoms with Crippen LogP contribution in [-0.2, 0) is 0 Å². The molecule has 0 amide bonds. The van der Waals surface area contributed by atoms with Crippen LogP contribution in [0.3, 0.4) is 0 Å². The van der Waals surface area contributed by atoms with E-state index in [0.717, 1.165) is 10.0 Å². The highest BCUT2D eigenvalue weighted by Gasteiger charge is 2.57. The summed E-state index contributed by atoms with van der Waals surface area (Å²) < 4.78 is 26.1. The minimum absolute atomic E-state index is 0.00856. The Morgan fingerprint density at radius 3 is 2.17 bits per heavy atom. The molecule has 0 unspecified atom stereocenters. The van der Waals surface area contributed by atoms with Crippen molar-refractivity contribution in [3.63, 3.8) is 0 Å². The Bertz CT molecular complexity index is 292. The molecule has 0 radical (unpaired) electrons. The molecule has 0 N–H and O–H groups in total. The van der Waals surface area contributed by atoms with E-state index < -0.39 is 11.8 Å². The van der Waals surface area contributed by atoms with Gasteiger partial charge in [-0.1, -0.05) is 28.1 Å². The van der Waals surface area contributed by atoms with Crippen LogP contribution in [0.5, 0.6) is 0 Å². The van der Waals surface area contributed by atoms with Crippen LogP contribution in [0.25, 0.3) is 0 Å². The van der Waals surface area contributed by atoms with E-state index in [0.29, 0.717) is 0 Å². The van der Waals surface area contributed by atoms with E-state index in [-0.39, 0.29) is 6.42 Å². The molecule has 12 heavy (non-hydrogen) atoms. The minimum atomic E-state index is -2.45. The van der Waals surface area contributed by atoms with Crippen LogP contribution in [0.4, 0.5) is 8.78 Å². The third-order valence-electron chi connectivity index (χ3n) is 2.10. The molecule has 0 bridgehead atoms. The Hall–Kier alpha value is -0.440. The van der Waals surface area contributed by atoms with Crippen LogP contribution in [0, 0.1) is 0 Å². The van der Waals surface area contributed by atoms with Gasteiger partial charge in [-0.15, -0.1) is 0 Å². The van der Waals surface area contributed by atoms with Gasteiger partial charge in [-0.25, -0.2) is 8.78 Å². The topological polar surface area (TPSA) is 0 Å². The number of benzene rings is 1. The lowest BCUT2D eigenvalue weighted by molar-refractivity contribution is 0.112. The third-order valence-corrected chi connectivity index (χ3v) is 2.63. The average molecular weight is 233 g/mol. The van der Waals surface area contributed by atoms with Crippen LogP contribution in [-0.4, -0.2) is 5.92 Å². The van der Waals surface area contributed by atoms with Gasteiger partial charge in [0, 0.05) is 10.9 Å². The fourth-order valence-corrected chi connectivity index (χ4v) is 1.53. The first-order valence-corrected chi connectivity index (χ1v) is 4.52. The van der Waals surface area contributed by atoms with E-state index in [4.69, 9.17) is 0 Å². The van der Waals surface area contributed by atoms with E-state index in [9.17, 15) is 8.78 Å². The van der Waals surface area contributed by atoms with Crippen LogP contribution in [0.2, 0.25) is 0 Å². The van der Waals surface area contributed by atoms with Gasteiger partial charge < -0.3 is 0 Å². The zero-order valence-corrected chi connectivity index (χ0v) is 7.81. The Morgan fingerprint density at radius 2 is 1.75 bits per heavy atom. The summed E-state index contributed by atoms with van der Waals surface area (Å²) in [5.41, 5.74) is 0.739. The highest BCUT2D eigenvalue weighted by atomic mass is 79.9. The predicted molar refractivity (Wildman–Crippen MR) is 46.4 cm³/mol. The summed E-state index contributed by atoms with van der Waals surface area (Å²) in [5.74, 6) is -2.99. The van der Waals surface area contributed by atoms with Crippen LogP contribution in [0.1, 0.15) is 17.9 Å². The molecule has 2 rings (SSSR count). The minimum Gasteiger partial charge on any atom is -0.206 e. The van der Waals surface area contributed by atoms with Crippen molar-refractivity contribution in [3.05, 3.63) is 34.3 Å². The predicted octanol–water partition coefficient (Wildman–Crippen LogP) is 3.57. The van der Waals surface area contributed by atoms with Gasteiger partial charge in [0.05, 0.1) is 5.92 Å². The lowest BCUT2D eigenvalue weighted by Gasteiger charge is -1.98. The highest BCUT2D eigenvalue weighted by Crippen LogP contribution is 2.55. The summed E-state index contributed by atoms with van der Waals surface area (Å²) in [6, 6.07) is 7.08. The standard InChI is InChI=1S/C9H7BrF2/c10-7-3-1-6(2-4-7)8-5-9(8,11)12/h1-4,8H,5H2/t8-/m1/s1. The third kappa shape index (κ3) is 1.38. The first-order valence-electron chi connectivity index (χ1n) is 3.73. The number of rotatable bonds is 1. The summed E-state index contributed by atoms with van der Waals surface area (Å²) in [6.45, 7) is 0. The number of alkyl halides is 2. The zero-order valence-electron chi connectivity index (χ0n) is 6.23. The molecule has 1 aliphatic rings. The maximum absolute atomic E-state index is 12.6. The molecule has 64 valence electrons. The van der Waals surface area contributed by atoms with Gasteiger partial charge in [-0.3, -0.25) is 0 Å². The molecule has 0 aromatic heterocycles. The maximum Gasteiger partial charge on any atom is 0.255 e. The van der Waals surface area contributed by atoms with Crippen molar-refractivity contribution < 1.29 is 8.78 Å². The van der Waals surface area contributed by atoms with Gasteiger partial charge in [-0.2, -0.15) is 0 Å². The fraction of sp³-hybridized carbons (Fsp3) is 0.333. The second-order valence-electron chi connectivity index (χ2n) is 3.07. The van der Waals surface area contributed by atoms with Crippen molar-refractivity contribution in [1.82, 2.24) is 0 Å². The monoisotopic (exact) mass is 232 g/mol. The molecule has 0 spiro atoms. The van der Waals surface area contributed by atoms with Gasteiger partial charge in [-0.05, 0) is 17.7 Å². The normalized spacial score (nSPS) is 25.4. The number of hydrogen-bond acceptors (Lipinski definition) is 0. The van der Waals surface area contributed by atoms with Crippen LogP contribution in [0.15, 0.2) is 28.7 Å². The molecule has 0 aliphatic heterocycles. The van der Waals surface area contributed by atoms with Crippen molar-refractivity contribution >= 4 is 15.9 Å². The Balaban J connectivity index is 2.21. The summed E-state index contributed by atoms with van der Waals surface area (Å²) in [5, 5.41) is 0. The summed E-state index contributed by atoms with van der Waals surface area (Å²) in [4.78, 5) is 0. The zero-order chi connectivity index (χ0) is 8.77. The molecule has 3 heteroatoms. The average Bonchev–Trinajstić information content (AvgIpc) is 2.61. The van der Waals surface area contributed by atoms with Crippen LogP contribution < -0.4 is 0 Å². The van der Waals surface area contributed by atoms with Crippen LogP contribution >= 0.6 is 15.9 Å². The Morgan fingerprint density at radius 1 is 1.25 bits per heavy atom. The molecule has 1 fully saturated rings. The molecular weight excluding hydrogens is 226 g/mol. The maximum atomic E-state index is 12.6. The lowest BCUT2D eigenvalue weighted by Crippen LogP contribution is -1.91. The molecule has 1 aliphatic carbocycles. The molecule has 1 saturated carbocycles. The quantitative estimate of drug-likeness (QED) is 0.695. The SMILES string of the molecule is FC1(F)C[C@@H]1c1ccc(Br)cc1. The smallest absolute Gasteiger partial charge is 0.206 e. The van der Waals surface area contributed by atoms with E-state index >= 15 is 0 Å². The Labute approximate surface area is 77.7 Å². The second-order valence-corrected chi connectivity index (χ2v) is 3.98. The molecule has 0 nitrogen and oxygen atoms in total. The number of halogens is 3. The highest BCUT2D eigenvalue weighted by molar-refractivity contribution is 9.10. The van der Waals surface area contributed by atoms with E-state index in [1.807, 2.05) is 0 Å². The molecule has 1 aromatic carbocycles. The molecule has 0 heterocycles. The summed E-state index contributed by atoms with van der Waals surface area (Å²) in [6.07, 6.45) is 0.00856. The lowest BCUT2D eigenvalue weighted by atomic mass is 10.1. The van der Waals surface area contributed by atoms with Gasteiger partial charge in [0.25, 0.3) is 5.92 Å². The van der Waals surface area contributed by atoms with E-state index in [1.165, 1.54) is 0 Å². The van der Waals surface area contributed by atoms with Crippen molar-refractivity contribution in [2.45, 2.75) is 18.3 Å². The largest absolute Gasteiger partial charge is 0.255 e. The first-order chi connectivity index (χ1) is 5.59. The number of hydrogen-bond donors (Lipinski definition) is 0. The van der Waals surface area contributed by atoms with Crippen molar-refractivity contribution in [2.24, 2.45) is 0 Å². The summed E-state index contributed by atoms with van der Waals surface area (Å²) >= 11 is 3.26. The van der Waals surface area contributed by atoms with Crippen molar-refractivity contribution in [1.29, 1.82) is 0 Å². The van der Waals surface area contributed by atoms with Crippen molar-refractivity contribution in [3.8, 4) is 0 Å². The molecular formula is C9H7BrF2. The van der Waals surface area contributed by atoms with Gasteiger partial charge >= 0.3 is 0 Å². The second kappa shape index (κ2) is 2.52. The van der Waals surface area contributed by atoms with E-state index in [2.05, 4.69) is 15.9 Å². The fourth-order valence-electron chi connectivity index (χ4n) is 1.27. The van der Waals surface area contributed by atoms with Gasteiger partial charge in [0.1, 0.15) is 0 Å². The first kappa shape index (κ1) is 8.17. The van der Waals surface area contributed by atoms with Crippen molar-refractivity contribution in [2.75, 3.05) is 0 Å². The summed E-state index contributed by atoms with van der Waals surface area (Å²) in [7, 11) is 0. The van der Waals surface area contributed by atoms with E-state index in [1.54, 1.807) is 24.3 Å². The van der Waals surface area contributed by atoms with Gasteiger partial charge in [0.15, 0.2) is 0 Å². The molecule has 0 saturated heterocycles. The van der Waals surface area contributed by atoms with Gasteiger partial charge in [0.2, 0.25) is 0 Å². The Kier molecular flexibility index (Phi) is 1.72. The molecule has 1 atom stereocenters.